The number of hydrogen-bond acceptors (Lipinski definition) is 4. The number of amides is 1. The van der Waals surface area contributed by atoms with E-state index in [0.717, 1.165) is 11.1 Å². The molecule has 0 saturated heterocycles. The normalized spacial score (nSPS) is 11.2. The number of rotatable bonds is 5. The lowest BCUT2D eigenvalue weighted by atomic mass is 9.91. The fourth-order valence-electron chi connectivity index (χ4n) is 2.27. The van der Waals surface area contributed by atoms with Gasteiger partial charge >= 0.3 is 5.69 Å². The Kier molecular flexibility index (Phi) is 4.88. The van der Waals surface area contributed by atoms with E-state index in [1.54, 1.807) is 6.07 Å². The van der Waals surface area contributed by atoms with Gasteiger partial charge in [0.15, 0.2) is 0 Å². The Morgan fingerprint density at radius 2 is 1.96 bits per heavy atom. The Bertz CT molecular complexity index is 759. The highest BCUT2D eigenvalue weighted by Crippen LogP contribution is 2.33. The van der Waals surface area contributed by atoms with Gasteiger partial charge in [-0.05, 0) is 29.0 Å². The van der Waals surface area contributed by atoms with E-state index in [-0.39, 0.29) is 29.7 Å². The minimum absolute atomic E-state index is 0.00239. The molecule has 2 aromatic rings. The summed E-state index contributed by atoms with van der Waals surface area (Å²) in [5.41, 5.74) is 1.54. The molecular weight excluding hydrogens is 296 g/mol. The SMILES string of the molecule is CC(C)c1cc(C(=O)NCc2n[nH]c(=O)[nH]2)c(O)c(C(C)C)c1. The number of phenols is 1. The van der Waals surface area contributed by atoms with Crippen LogP contribution in [0.15, 0.2) is 16.9 Å². The predicted octanol–water partition coefficient (Wildman–Crippen LogP) is 1.98. The van der Waals surface area contributed by atoms with Crippen molar-refractivity contribution in [3.05, 3.63) is 45.1 Å². The van der Waals surface area contributed by atoms with Gasteiger partial charge in [0, 0.05) is 0 Å². The number of carbonyl (C=O) groups is 1. The van der Waals surface area contributed by atoms with Gasteiger partial charge in [-0.2, -0.15) is 5.10 Å². The first-order valence-corrected chi connectivity index (χ1v) is 7.58. The number of aromatic hydroxyl groups is 1. The zero-order valence-electron chi connectivity index (χ0n) is 13.7. The molecule has 0 radical (unpaired) electrons. The number of carbonyl (C=O) groups excluding carboxylic acids is 1. The highest BCUT2D eigenvalue weighted by molar-refractivity contribution is 5.97. The van der Waals surface area contributed by atoms with Crippen LogP contribution in [0.2, 0.25) is 0 Å². The summed E-state index contributed by atoms with van der Waals surface area (Å²) in [5.74, 6) is 0.255. The molecule has 0 bridgehead atoms. The second kappa shape index (κ2) is 6.68. The highest BCUT2D eigenvalue weighted by Gasteiger charge is 2.19. The molecule has 7 nitrogen and oxygen atoms in total. The largest absolute Gasteiger partial charge is 0.507 e. The standard InChI is InChI=1S/C16H22N4O3/c1-8(2)10-5-11(9(3)4)14(21)12(6-10)15(22)17-7-13-18-16(23)20-19-13/h5-6,8-9,21H,7H2,1-4H3,(H,17,22)(H2,18,19,20,23). The zero-order valence-corrected chi connectivity index (χ0v) is 13.7. The van der Waals surface area contributed by atoms with Gasteiger partial charge in [0.05, 0.1) is 12.1 Å². The van der Waals surface area contributed by atoms with Crippen LogP contribution in [-0.4, -0.2) is 26.2 Å². The van der Waals surface area contributed by atoms with Gasteiger partial charge in [0.1, 0.15) is 11.6 Å². The Hall–Kier alpha value is -2.57. The maximum atomic E-state index is 12.4. The van der Waals surface area contributed by atoms with Crippen LogP contribution in [-0.2, 0) is 6.54 Å². The summed E-state index contributed by atoms with van der Waals surface area (Å²) in [6.45, 7) is 8.07. The molecule has 0 unspecified atom stereocenters. The van der Waals surface area contributed by atoms with Gasteiger partial charge < -0.3 is 10.4 Å². The van der Waals surface area contributed by atoms with E-state index >= 15 is 0 Å². The molecule has 0 aliphatic carbocycles. The first kappa shape index (κ1) is 16.8. The van der Waals surface area contributed by atoms with Crippen LogP contribution in [0, 0.1) is 0 Å². The first-order valence-electron chi connectivity index (χ1n) is 7.58. The molecule has 7 heteroatoms. The average molecular weight is 318 g/mol. The Balaban J connectivity index is 2.29. The quantitative estimate of drug-likeness (QED) is 0.675. The van der Waals surface area contributed by atoms with Gasteiger partial charge in [-0.25, -0.2) is 9.89 Å². The number of aromatic nitrogens is 3. The lowest BCUT2D eigenvalue weighted by Crippen LogP contribution is -2.24. The third-order valence-electron chi connectivity index (χ3n) is 3.66. The minimum atomic E-state index is -0.430. The van der Waals surface area contributed by atoms with Crippen molar-refractivity contribution >= 4 is 5.91 Å². The van der Waals surface area contributed by atoms with Gasteiger partial charge in [-0.3, -0.25) is 9.78 Å². The molecule has 0 fully saturated rings. The van der Waals surface area contributed by atoms with Crippen molar-refractivity contribution in [3.8, 4) is 5.75 Å². The molecule has 1 aromatic heterocycles. The highest BCUT2D eigenvalue weighted by atomic mass is 16.3. The van der Waals surface area contributed by atoms with Gasteiger partial charge in [0.25, 0.3) is 5.91 Å². The molecule has 124 valence electrons. The van der Waals surface area contributed by atoms with Crippen molar-refractivity contribution in [1.29, 1.82) is 0 Å². The van der Waals surface area contributed by atoms with Crippen LogP contribution in [0.1, 0.15) is 66.8 Å². The first-order chi connectivity index (χ1) is 10.8. The lowest BCUT2D eigenvalue weighted by Gasteiger charge is -2.16. The fraction of sp³-hybridized carbons (Fsp3) is 0.438. The zero-order chi connectivity index (χ0) is 17.1. The van der Waals surface area contributed by atoms with E-state index < -0.39 is 11.6 Å². The summed E-state index contributed by atoms with van der Waals surface area (Å²) in [7, 11) is 0. The van der Waals surface area contributed by atoms with E-state index in [2.05, 4.69) is 20.5 Å². The number of H-pyrrole nitrogens is 2. The van der Waals surface area contributed by atoms with Crippen LogP contribution >= 0.6 is 0 Å². The van der Waals surface area contributed by atoms with Crippen molar-refractivity contribution < 1.29 is 9.90 Å². The molecule has 0 spiro atoms. The van der Waals surface area contributed by atoms with E-state index in [9.17, 15) is 14.7 Å². The molecule has 1 heterocycles. The summed E-state index contributed by atoms with van der Waals surface area (Å²) < 4.78 is 0. The third-order valence-corrected chi connectivity index (χ3v) is 3.66. The lowest BCUT2D eigenvalue weighted by molar-refractivity contribution is 0.0947. The number of nitrogens with zero attached hydrogens (tertiary/aromatic N) is 1. The van der Waals surface area contributed by atoms with Crippen molar-refractivity contribution in [2.75, 3.05) is 0 Å². The number of benzene rings is 1. The maximum Gasteiger partial charge on any atom is 0.340 e. The summed E-state index contributed by atoms with van der Waals surface area (Å²) in [6, 6.07) is 3.64. The van der Waals surface area contributed by atoms with Crippen molar-refractivity contribution in [2.45, 2.75) is 46.1 Å². The molecule has 0 saturated carbocycles. The number of hydrogen-bond donors (Lipinski definition) is 4. The van der Waals surface area contributed by atoms with Gasteiger partial charge in [-0.15, -0.1) is 0 Å². The molecule has 0 aliphatic heterocycles. The second-order valence-electron chi connectivity index (χ2n) is 6.12. The molecule has 0 atom stereocenters. The van der Waals surface area contributed by atoms with Crippen molar-refractivity contribution in [1.82, 2.24) is 20.5 Å². The second-order valence-corrected chi connectivity index (χ2v) is 6.12. The molecular formula is C16H22N4O3. The van der Waals surface area contributed by atoms with E-state index in [4.69, 9.17) is 0 Å². The Morgan fingerprint density at radius 1 is 1.26 bits per heavy atom. The molecule has 0 aliphatic rings. The van der Waals surface area contributed by atoms with Crippen LogP contribution in [0.5, 0.6) is 5.75 Å². The monoisotopic (exact) mass is 318 g/mol. The van der Waals surface area contributed by atoms with Crippen LogP contribution in [0.4, 0.5) is 0 Å². The average Bonchev–Trinajstić information content (AvgIpc) is 2.90. The number of phenolic OH excluding ortho intramolecular Hbond substituents is 1. The molecule has 4 N–H and O–H groups in total. The maximum absolute atomic E-state index is 12.4. The topological polar surface area (TPSA) is 111 Å². The summed E-state index contributed by atoms with van der Waals surface area (Å²) in [4.78, 5) is 25.8. The van der Waals surface area contributed by atoms with E-state index in [0.29, 0.717) is 5.82 Å². The fourth-order valence-corrected chi connectivity index (χ4v) is 2.27. The Morgan fingerprint density at radius 3 is 2.48 bits per heavy atom. The summed E-state index contributed by atoms with van der Waals surface area (Å²) in [5, 5.41) is 19.0. The Labute approximate surface area is 134 Å². The molecule has 1 amide bonds. The third kappa shape index (κ3) is 3.80. The van der Waals surface area contributed by atoms with Crippen LogP contribution in [0.25, 0.3) is 0 Å². The van der Waals surface area contributed by atoms with Gasteiger partial charge in [0.2, 0.25) is 0 Å². The minimum Gasteiger partial charge on any atom is -0.507 e. The van der Waals surface area contributed by atoms with E-state index in [1.807, 2.05) is 33.8 Å². The smallest absolute Gasteiger partial charge is 0.340 e. The summed E-state index contributed by atoms with van der Waals surface area (Å²) in [6.07, 6.45) is 0. The van der Waals surface area contributed by atoms with Gasteiger partial charge in [-0.1, -0.05) is 33.8 Å². The van der Waals surface area contributed by atoms with Crippen LogP contribution in [0.3, 0.4) is 0 Å². The molecule has 1 aromatic carbocycles. The van der Waals surface area contributed by atoms with Crippen molar-refractivity contribution in [2.24, 2.45) is 0 Å². The molecule has 23 heavy (non-hydrogen) atoms. The number of aromatic amines is 2. The predicted molar refractivity (Wildman–Crippen MR) is 86.7 cm³/mol. The molecule has 2 rings (SSSR count). The van der Waals surface area contributed by atoms with E-state index in [1.165, 1.54) is 0 Å². The van der Waals surface area contributed by atoms with Crippen LogP contribution < -0.4 is 11.0 Å². The summed E-state index contributed by atoms with van der Waals surface area (Å²) >= 11 is 0. The van der Waals surface area contributed by atoms with Crippen molar-refractivity contribution in [3.63, 3.8) is 0 Å². The number of nitrogens with one attached hydrogen (secondary N) is 3.